The molecule has 1 aliphatic heterocycles. The van der Waals surface area contributed by atoms with Crippen molar-refractivity contribution < 1.29 is 14.7 Å². The number of rotatable bonds is 4. The SMILES string of the molecule is O=C(CN1CCC(C(=O)O)CC1)c1cccnc1. The first-order chi connectivity index (χ1) is 8.66. The van der Waals surface area contributed by atoms with Crippen LogP contribution in [0.15, 0.2) is 24.5 Å². The van der Waals surface area contributed by atoms with E-state index in [1.807, 2.05) is 4.90 Å². The molecule has 0 atom stereocenters. The molecule has 18 heavy (non-hydrogen) atoms. The Bertz CT molecular complexity index is 425. The Hall–Kier alpha value is -1.75. The Morgan fingerprint density at radius 1 is 1.39 bits per heavy atom. The number of carboxylic acids is 1. The molecule has 0 bridgehead atoms. The number of piperidine rings is 1. The first kappa shape index (κ1) is 12.7. The smallest absolute Gasteiger partial charge is 0.306 e. The second-order valence-corrected chi connectivity index (χ2v) is 4.55. The normalized spacial score (nSPS) is 17.6. The summed E-state index contributed by atoms with van der Waals surface area (Å²) in [4.78, 5) is 28.7. The number of carbonyl (C=O) groups is 2. The molecule has 5 heteroatoms. The number of hydrogen-bond acceptors (Lipinski definition) is 4. The van der Waals surface area contributed by atoms with Crippen LogP contribution in [0.25, 0.3) is 0 Å². The van der Waals surface area contributed by atoms with Crippen molar-refractivity contribution in [3.8, 4) is 0 Å². The minimum atomic E-state index is -0.728. The molecular formula is C13H16N2O3. The van der Waals surface area contributed by atoms with Gasteiger partial charge in [0, 0.05) is 18.0 Å². The van der Waals surface area contributed by atoms with Gasteiger partial charge in [0.15, 0.2) is 5.78 Å². The number of hydrogen-bond donors (Lipinski definition) is 1. The fourth-order valence-electron chi connectivity index (χ4n) is 2.16. The highest BCUT2D eigenvalue weighted by molar-refractivity contribution is 5.97. The molecule has 0 aromatic carbocycles. The highest BCUT2D eigenvalue weighted by atomic mass is 16.4. The lowest BCUT2D eigenvalue weighted by Gasteiger charge is -2.29. The van der Waals surface area contributed by atoms with Crippen molar-refractivity contribution in [1.29, 1.82) is 0 Å². The fraction of sp³-hybridized carbons (Fsp3) is 0.462. The van der Waals surface area contributed by atoms with Gasteiger partial charge in [0.1, 0.15) is 0 Å². The number of carboxylic acid groups (broad SMARTS) is 1. The van der Waals surface area contributed by atoms with Crippen LogP contribution in [-0.4, -0.2) is 46.4 Å². The van der Waals surface area contributed by atoms with Crippen LogP contribution < -0.4 is 0 Å². The van der Waals surface area contributed by atoms with E-state index in [-0.39, 0.29) is 11.7 Å². The average molecular weight is 248 g/mol. The van der Waals surface area contributed by atoms with Gasteiger partial charge in [-0.3, -0.25) is 19.5 Å². The molecule has 0 saturated carbocycles. The van der Waals surface area contributed by atoms with Gasteiger partial charge in [0.05, 0.1) is 12.5 Å². The van der Waals surface area contributed by atoms with Crippen molar-refractivity contribution in [2.45, 2.75) is 12.8 Å². The van der Waals surface area contributed by atoms with Crippen molar-refractivity contribution in [3.05, 3.63) is 30.1 Å². The van der Waals surface area contributed by atoms with Crippen LogP contribution in [0.5, 0.6) is 0 Å². The molecule has 1 aliphatic rings. The molecule has 5 nitrogen and oxygen atoms in total. The number of aliphatic carboxylic acids is 1. The second-order valence-electron chi connectivity index (χ2n) is 4.55. The van der Waals surface area contributed by atoms with E-state index in [2.05, 4.69) is 4.98 Å². The highest BCUT2D eigenvalue weighted by Crippen LogP contribution is 2.17. The number of pyridine rings is 1. The van der Waals surface area contributed by atoms with Crippen LogP contribution in [-0.2, 0) is 4.79 Å². The maximum atomic E-state index is 11.9. The zero-order chi connectivity index (χ0) is 13.0. The van der Waals surface area contributed by atoms with Crippen molar-refractivity contribution in [2.75, 3.05) is 19.6 Å². The predicted octanol–water partition coefficient (Wildman–Crippen LogP) is 1.06. The summed E-state index contributed by atoms with van der Waals surface area (Å²) < 4.78 is 0. The van der Waals surface area contributed by atoms with Gasteiger partial charge in [-0.15, -0.1) is 0 Å². The predicted molar refractivity (Wildman–Crippen MR) is 65.4 cm³/mol. The first-order valence-corrected chi connectivity index (χ1v) is 6.05. The van der Waals surface area contributed by atoms with Crippen molar-refractivity contribution in [3.63, 3.8) is 0 Å². The lowest BCUT2D eigenvalue weighted by Crippen LogP contribution is -2.39. The minimum absolute atomic E-state index is 0.0388. The number of aromatic nitrogens is 1. The van der Waals surface area contributed by atoms with Gasteiger partial charge >= 0.3 is 5.97 Å². The molecule has 2 rings (SSSR count). The number of ketones is 1. The zero-order valence-corrected chi connectivity index (χ0v) is 10.1. The van der Waals surface area contributed by atoms with Gasteiger partial charge in [-0.1, -0.05) is 0 Å². The summed E-state index contributed by atoms with van der Waals surface area (Å²) in [5.41, 5.74) is 0.609. The van der Waals surface area contributed by atoms with E-state index >= 15 is 0 Å². The summed E-state index contributed by atoms with van der Waals surface area (Å²) in [5, 5.41) is 8.89. The summed E-state index contributed by atoms with van der Waals surface area (Å²) in [6.07, 6.45) is 4.44. The molecule has 1 saturated heterocycles. The average Bonchev–Trinajstić information content (AvgIpc) is 2.40. The quantitative estimate of drug-likeness (QED) is 0.807. The highest BCUT2D eigenvalue weighted by Gasteiger charge is 2.25. The van der Waals surface area contributed by atoms with Crippen LogP contribution in [0.2, 0.25) is 0 Å². The minimum Gasteiger partial charge on any atom is -0.481 e. The maximum absolute atomic E-state index is 11.9. The fourth-order valence-corrected chi connectivity index (χ4v) is 2.16. The summed E-state index contributed by atoms with van der Waals surface area (Å²) in [7, 11) is 0. The molecule has 0 unspecified atom stereocenters. The Morgan fingerprint density at radius 3 is 2.67 bits per heavy atom. The Morgan fingerprint density at radius 2 is 2.11 bits per heavy atom. The van der Waals surface area contributed by atoms with Crippen LogP contribution >= 0.6 is 0 Å². The van der Waals surface area contributed by atoms with Crippen LogP contribution in [0.1, 0.15) is 23.2 Å². The largest absolute Gasteiger partial charge is 0.481 e. The summed E-state index contributed by atoms with van der Waals surface area (Å²) in [5.74, 6) is -0.945. The van der Waals surface area contributed by atoms with Crippen molar-refractivity contribution in [2.24, 2.45) is 5.92 Å². The number of carbonyl (C=O) groups excluding carboxylic acids is 1. The molecule has 0 spiro atoms. The Balaban J connectivity index is 1.85. The third-order valence-corrected chi connectivity index (χ3v) is 3.29. The van der Waals surface area contributed by atoms with Gasteiger partial charge in [-0.2, -0.15) is 0 Å². The van der Waals surface area contributed by atoms with Gasteiger partial charge in [0.25, 0.3) is 0 Å². The molecule has 1 N–H and O–H groups in total. The molecule has 1 aromatic rings. The van der Waals surface area contributed by atoms with Crippen molar-refractivity contribution >= 4 is 11.8 Å². The third kappa shape index (κ3) is 3.13. The molecular weight excluding hydrogens is 232 g/mol. The third-order valence-electron chi connectivity index (χ3n) is 3.29. The van der Waals surface area contributed by atoms with E-state index in [9.17, 15) is 9.59 Å². The van der Waals surface area contributed by atoms with Crippen LogP contribution in [0.4, 0.5) is 0 Å². The Labute approximate surface area is 105 Å². The molecule has 0 radical (unpaired) electrons. The molecule has 1 aromatic heterocycles. The summed E-state index contributed by atoms with van der Waals surface area (Å²) >= 11 is 0. The van der Waals surface area contributed by atoms with Crippen molar-refractivity contribution in [1.82, 2.24) is 9.88 Å². The first-order valence-electron chi connectivity index (χ1n) is 6.05. The van der Waals surface area contributed by atoms with Gasteiger partial charge < -0.3 is 5.11 Å². The van der Waals surface area contributed by atoms with E-state index in [1.54, 1.807) is 24.5 Å². The number of nitrogens with zero attached hydrogens (tertiary/aromatic N) is 2. The standard InChI is InChI=1S/C13H16N2O3/c16-12(11-2-1-5-14-8-11)9-15-6-3-10(4-7-15)13(17)18/h1-2,5,8,10H,3-4,6-7,9H2,(H,17,18). The monoisotopic (exact) mass is 248 g/mol. The zero-order valence-electron chi connectivity index (χ0n) is 10.1. The number of Topliss-reactive ketones (excluding diaryl/α,β-unsaturated/α-hetero) is 1. The molecule has 1 fully saturated rings. The Kier molecular flexibility index (Phi) is 4.04. The van der Waals surface area contributed by atoms with E-state index in [0.29, 0.717) is 38.0 Å². The molecule has 0 amide bonds. The molecule has 0 aliphatic carbocycles. The van der Waals surface area contributed by atoms with E-state index in [0.717, 1.165) is 0 Å². The molecule has 2 heterocycles. The van der Waals surface area contributed by atoms with E-state index in [4.69, 9.17) is 5.11 Å². The maximum Gasteiger partial charge on any atom is 0.306 e. The van der Waals surface area contributed by atoms with E-state index in [1.165, 1.54) is 0 Å². The lowest BCUT2D eigenvalue weighted by molar-refractivity contribution is -0.143. The van der Waals surface area contributed by atoms with Gasteiger partial charge in [-0.05, 0) is 38.1 Å². The van der Waals surface area contributed by atoms with Crippen LogP contribution in [0.3, 0.4) is 0 Å². The second kappa shape index (κ2) is 5.73. The lowest BCUT2D eigenvalue weighted by atomic mass is 9.97. The summed E-state index contributed by atoms with van der Waals surface area (Å²) in [6.45, 7) is 1.68. The van der Waals surface area contributed by atoms with Gasteiger partial charge in [0.2, 0.25) is 0 Å². The topological polar surface area (TPSA) is 70.5 Å². The summed E-state index contributed by atoms with van der Waals surface area (Å²) in [6, 6.07) is 3.49. The van der Waals surface area contributed by atoms with Gasteiger partial charge in [-0.25, -0.2) is 0 Å². The number of likely N-dealkylation sites (tertiary alicyclic amines) is 1. The van der Waals surface area contributed by atoms with Crippen LogP contribution in [0, 0.1) is 5.92 Å². The van der Waals surface area contributed by atoms with E-state index < -0.39 is 5.97 Å². The molecule has 96 valence electrons.